The molecular weight excluding hydrogens is 332 g/mol. The van der Waals surface area contributed by atoms with Gasteiger partial charge in [0.25, 0.3) is 5.91 Å². The highest BCUT2D eigenvalue weighted by atomic mass is 32.1. The Hall–Kier alpha value is -2.21. The molecule has 0 radical (unpaired) electrons. The molecule has 6 heteroatoms. The van der Waals surface area contributed by atoms with Crippen molar-refractivity contribution < 1.29 is 4.79 Å². The van der Waals surface area contributed by atoms with Crippen molar-refractivity contribution >= 4 is 39.5 Å². The second-order valence-electron chi connectivity index (χ2n) is 6.76. The first-order valence-electron chi connectivity index (χ1n) is 8.96. The minimum Gasteiger partial charge on any atom is -0.321 e. The lowest BCUT2D eigenvalue weighted by molar-refractivity contribution is -0.115. The highest BCUT2D eigenvalue weighted by Crippen LogP contribution is 2.23. The third kappa shape index (κ3) is 3.90. The average molecular weight is 354 g/mol. The van der Waals surface area contributed by atoms with E-state index in [-0.39, 0.29) is 5.91 Å². The molecule has 2 N–H and O–H groups in total. The second-order valence-corrected chi connectivity index (χ2v) is 7.65. The Kier molecular flexibility index (Phi) is 4.78. The van der Waals surface area contributed by atoms with Gasteiger partial charge in [0, 0.05) is 6.54 Å². The summed E-state index contributed by atoms with van der Waals surface area (Å²) in [5, 5.41) is 5.96. The zero-order valence-corrected chi connectivity index (χ0v) is 14.9. The van der Waals surface area contributed by atoms with Crippen LogP contribution in [-0.4, -0.2) is 23.4 Å². The summed E-state index contributed by atoms with van der Waals surface area (Å²) in [7, 11) is 0. The SMILES string of the molecule is O=C1NC(=NCC2CCCCCC2)N/C1=C\c1ccc2ncsc2c1. The van der Waals surface area contributed by atoms with Crippen molar-refractivity contribution in [2.75, 3.05) is 6.54 Å². The van der Waals surface area contributed by atoms with E-state index in [1.807, 2.05) is 23.7 Å². The molecule has 1 aliphatic heterocycles. The normalized spacial score (nSPS) is 22.3. The molecule has 4 rings (SSSR count). The van der Waals surface area contributed by atoms with Crippen molar-refractivity contribution in [2.24, 2.45) is 10.9 Å². The zero-order chi connectivity index (χ0) is 17.1. The topological polar surface area (TPSA) is 66.4 Å². The quantitative estimate of drug-likeness (QED) is 0.653. The molecule has 0 unspecified atom stereocenters. The smallest absolute Gasteiger partial charge is 0.274 e. The largest absolute Gasteiger partial charge is 0.321 e. The number of hydrogen-bond acceptors (Lipinski definition) is 4. The number of rotatable bonds is 3. The number of carbonyl (C=O) groups excluding carboxylic acids is 1. The zero-order valence-electron chi connectivity index (χ0n) is 14.1. The lowest BCUT2D eigenvalue weighted by Crippen LogP contribution is -2.26. The van der Waals surface area contributed by atoms with Crippen LogP contribution >= 0.6 is 11.3 Å². The summed E-state index contributed by atoms with van der Waals surface area (Å²) in [5.41, 5.74) is 4.35. The maximum Gasteiger partial charge on any atom is 0.274 e. The van der Waals surface area contributed by atoms with Crippen molar-refractivity contribution in [3.05, 3.63) is 35.0 Å². The first-order chi connectivity index (χ1) is 12.3. The lowest BCUT2D eigenvalue weighted by Gasteiger charge is -2.10. The van der Waals surface area contributed by atoms with Crippen LogP contribution < -0.4 is 10.6 Å². The van der Waals surface area contributed by atoms with E-state index in [0.29, 0.717) is 17.6 Å². The number of aliphatic imine (C=N–C) groups is 1. The molecule has 0 bridgehead atoms. The summed E-state index contributed by atoms with van der Waals surface area (Å²) in [5.74, 6) is 1.11. The van der Waals surface area contributed by atoms with E-state index in [2.05, 4.69) is 26.7 Å². The van der Waals surface area contributed by atoms with E-state index >= 15 is 0 Å². The molecule has 1 amide bonds. The van der Waals surface area contributed by atoms with Gasteiger partial charge in [-0.1, -0.05) is 31.7 Å². The second kappa shape index (κ2) is 7.35. The summed E-state index contributed by atoms with van der Waals surface area (Å²) < 4.78 is 1.12. The number of nitrogens with one attached hydrogen (secondary N) is 2. The van der Waals surface area contributed by atoms with Crippen molar-refractivity contribution in [2.45, 2.75) is 38.5 Å². The third-order valence-electron chi connectivity index (χ3n) is 4.88. The van der Waals surface area contributed by atoms with Gasteiger partial charge in [0.05, 0.1) is 15.7 Å². The van der Waals surface area contributed by atoms with Crippen molar-refractivity contribution in [1.82, 2.24) is 15.6 Å². The first-order valence-corrected chi connectivity index (χ1v) is 9.84. The number of guanidine groups is 1. The van der Waals surface area contributed by atoms with Gasteiger partial charge < -0.3 is 5.32 Å². The number of hydrogen-bond donors (Lipinski definition) is 2. The molecule has 2 aliphatic rings. The van der Waals surface area contributed by atoms with Crippen LogP contribution in [0.1, 0.15) is 44.1 Å². The Morgan fingerprint density at radius 2 is 2.04 bits per heavy atom. The van der Waals surface area contributed by atoms with E-state index in [4.69, 9.17) is 0 Å². The molecule has 5 nitrogen and oxygen atoms in total. The molecule has 0 spiro atoms. The van der Waals surface area contributed by atoms with E-state index in [1.54, 1.807) is 11.3 Å². The Morgan fingerprint density at radius 3 is 2.88 bits per heavy atom. The molecular formula is C19H22N4OS. The summed E-state index contributed by atoms with van der Waals surface area (Å²) in [6, 6.07) is 6.01. The van der Waals surface area contributed by atoms with Gasteiger partial charge in [0.15, 0.2) is 0 Å². The van der Waals surface area contributed by atoms with Crippen LogP contribution in [0.3, 0.4) is 0 Å². The lowest BCUT2D eigenvalue weighted by atomic mass is 10.0. The van der Waals surface area contributed by atoms with Crippen molar-refractivity contribution in [1.29, 1.82) is 0 Å². The molecule has 130 valence electrons. The minimum atomic E-state index is -0.121. The molecule has 2 aromatic rings. The summed E-state index contributed by atoms with van der Waals surface area (Å²) in [4.78, 5) is 21.1. The van der Waals surface area contributed by atoms with Crippen LogP contribution in [0, 0.1) is 5.92 Å². The third-order valence-corrected chi connectivity index (χ3v) is 5.67. The minimum absolute atomic E-state index is 0.121. The standard InChI is InChI=1S/C19H22N4OS/c24-18-16(9-14-7-8-15-17(10-14)25-12-21-15)22-19(23-18)20-11-13-5-3-1-2-4-6-13/h7-10,12-13H,1-6,11H2,(H2,20,22,23,24)/b16-9-. The number of nitrogens with zero attached hydrogens (tertiary/aromatic N) is 2. The van der Waals surface area contributed by atoms with Crippen LogP contribution in [0.15, 0.2) is 34.4 Å². The summed E-state index contributed by atoms with van der Waals surface area (Å²) >= 11 is 1.60. The first kappa shape index (κ1) is 16.3. The van der Waals surface area contributed by atoms with E-state index in [1.165, 1.54) is 38.5 Å². The number of benzene rings is 1. The molecule has 1 saturated carbocycles. The van der Waals surface area contributed by atoms with E-state index in [0.717, 1.165) is 22.3 Å². The summed E-state index contributed by atoms with van der Waals surface area (Å²) in [6.07, 6.45) is 9.67. The molecule has 1 aliphatic carbocycles. The van der Waals surface area contributed by atoms with Gasteiger partial charge in [-0.3, -0.25) is 15.1 Å². The molecule has 2 fully saturated rings. The van der Waals surface area contributed by atoms with E-state index in [9.17, 15) is 4.79 Å². The predicted octanol–water partition coefficient (Wildman–Crippen LogP) is 3.68. The maximum atomic E-state index is 12.2. The Morgan fingerprint density at radius 1 is 1.20 bits per heavy atom. The maximum absolute atomic E-state index is 12.2. The molecule has 1 saturated heterocycles. The van der Waals surface area contributed by atoms with Gasteiger partial charge in [0.2, 0.25) is 5.96 Å². The highest BCUT2D eigenvalue weighted by Gasteiger charge is 2.22. The molecule has 0 atom stereocenters. The number of carbonyl (C=O) groups is 1. The number of thiazole rings is 1. The Bertz CT molecular complexity index is 831. The van der Waals surface area contributed by atoms with Gasteiger partial charge in [-0.2, -0.15) is 0 Å². The van der Waals surface area contributed by atoms with Gasteiger partial charge in [-0.15, -0.1) is 11.3 Å². The molecule has 25 heavy (non-hydrogen) atoms. The van der Waals surface area contributed by atoms with Crippen LogP contribution in [0.25, 0.3) is 16.3 Å². The number of fused-ring (bicyclic) bond motifs is 1. The Labute approximate surface area is 151 Å². The number of aromatic nitrogens is 1. The fraction of sp³-hybridized carbons (Fsp3) is 0.421. The van der Waals surface area contributed by atoms with Gasteiger partial charge in [-0.25, -0.2) is 4.98 Å². The van der Waals surface area contributed by atoms with Crippen LogP contribution in [0.5, 0.6) is 0 Å². The fourth-order valence-corrected chi connectivity index (χ4v) is 4.19. The van der Waals surface area contributed by atoms with Crippen molar-refractivity contribution in [3.8, 4) is 0 Å². The van der Waals surface area contributed by atoms with Crippen LogP contribution in [0.2, 0.25) is 0 Å². The average Bonchev–Trinajstić information content (AvgIpc) is 3.11. The Balaban J connectivity index is 1.44. The fourth-order valence-electron chi connectivity index (χ4n) is 3.47. The summed E-state index contributed by atoms with van der Waals surface area (Å²) in [6.45, 7) is 0.794. The number of amides is 1. The van der Waals surface area contributed by atoms with Gasteiger partial charge in [0.1, 0.15) is 5.70 Å². The predicted molar refractivity (Wildman–Crippen MR) is 102 cm³/mol. The van der Waals surface area contributed by atoms with Crippen molar-refractivity contribution in [3.63, 3.8) is 0 Å². The highest BCUT2D eigenvalue weighted by molar-refractivity contribution is 7.16. The monoisotopic (exact) mass is 354 g/mol. The van der Waals surface area contributed by atoms with E-state index < -0.39 is 0 Å². The van der Waals surface area contributed by atoms with Crippen LogP contribution in [-0.2, 0) is 4.79 Å². The molecule has 1 aromatic carbocycles. The molecule has 1 aromatic heterocycles. The van der Waals surface area contributed by atoms with Gasteiger partial charge >= 0.3 is 0 Å². The van der Waals surface area contributed by atoms with Crippen LogP contribution in [0.4, 0.5) is 0 Å². The van der Waals surface area contributed by atoms with Gasteiger partial charge in [-0.05, 0) is 42.5 Å². The molecule has 2 heterocycles.